The van der Waals surface area contributed by atoms with Gasteiger partial charge in [-0.1, -0.05) is 0 Å². The lowest BCUT2D eigenvalue weighted by molar-refractivity contribution is -0.454. The summed E-state index contributed by atoms with van der Waals surface area (Å²) >= 11 is 0. The molecule has 1 aliphatic heterocycles. The first-order valence-electron chi connectivity index (χ1n) is 5.18. The Morgan fingerprint density at radius 1 is 0.520 bits per heavy atom. The van der Waals surface area contributed by atoms with E-state index in [9.17, 15) is 70.2 Å². The molecule has 0 aromatic rings. The molecule has 0 aliphatic carbocycles. The monoisotopic (exact) mass is 416 g/mol. The molecule has 0 saturated carbocycles. The van der Waals surface area contributed by atoms with E-state index in [1.165, 1.54) is 0 Å². The second kappa shape index (κ2) is 4.76. The Labute approximate surface area is 124 Å². The van der Waals surface area contributed by atoms with Crippen LogP contribution in [0.4, 0.5) is 70.2 Å². The van der Waals surface area contributed by atoms with E-state index in [1.807, 2.05) is 0 Å². The molecule has 150 valence electrons. The van der Waals surface area contributed by atoms with E-state index in [2.05, 4.69) is 0 Å². The number of hydrogen-bond acceptors (Lipinski definition) is 1. The molecule has 1 saturated heterocycles. The number of ether oxygens (including phenoxy) is 1. The molecule has 1 fully saturated rings. The summed E-state index contributed by atoms with van der Waals surface area (Å²) < 4.78 is 203. The smallest absolute Gasteiger partial charge is 0.286 e. The van der Waals surface area contributed by atoms with Crippen LogP contribution < -0.4 is 0 Å². The minimum absolute atomic E-state index is 1.59. The molecular formula is C8F16O. The summed E-state index contributed by atoms with van der Waals surface area (Å²) in [7, 11) is 0. The summed E-state index contributed by atoms with van der Waals surface area (Å²) in [5.74, 6) is -46.6. The van der Waals surface area contributed by atoms with E-state index < -0.39 is 47.8 Å². The van der Waals surface area contributed by atoms with Crippen LogP contribution in [0.2, 0.25) is 0 Å². The van der Waals surface area contributed by atoms with Crippen molar-refractivity contribution >= 4 is 0 Å². The quantitative estimate of drug-likeness (QED) is 0.575. The van der Waals surface area contributed by atoms with Gasteiger partial charge in [0, 0.05) is 0 Å². The van der Waals surface area contributed by atoms with E-state index in [0.29, 0.717) is 0 Å². The van der Waals surface area contributed by atoms with Gasteiger partial charge in [0.2, 0.25) is 0 Å². The van der Waals surface area contributed by atoms with Crippen molar-refractivity contribution in [2.45, 2.75) is 47.8 Å². The van der Waals surface area contributed by atoms with Gasteiger partial charge in [-0.3, -0.25) is 4.74 Å². The van der Waals surface area contributed by atoms with E-state index in [1.54, 1.807) is 4.74 Å². The molecule has 0 N–H and O–H groups in total. The molecule has 0 radical (unpaired) electrons. The Hall–Kier alpha value is -1.16. The van der Waals surface area contributed by atoms with Crippen LogP contribution in [0, 0.1) is 0 Å². The third-order valence-corrected chi connectivity index (χ3v) is 3.00. The molecule has 0 spiro atoms. The zero-order chi connectivity index (χ0) is 20.7. The van der Waals surface area contributed by atoms with E-state index >= 15 is 0 Å². The lowest BCUT2D eigenvalue weighted by Gasteiger charge is -2.37. The Morgan fingerprint density at radius 3 is 1.08 bits per heavy atom. The third-order valence-electron chi connectivity index (χ3n) is 3.00. The molecule has 1 aliphatic rings. The predicted octanol–water partition coefficient (Wildman–Crippen LogP) is 5.01. The Bertz CT molecular complexity index is 543. The first-order valence-corrected chi connectivity index (χ1v) is 5.18. The van der Waals surface area contributed by atoms with E-state index in [0.717, 1.165) is 0 Å². The number of hydrogen-bond donors (Lipinski definition) is 0. The van der Waals surface area contributed by atoms with Gasteiger partial charge in [-0.25, -0.2) is 0 Å². The summed E-state index contributed by atoms with van der Waals surface area (Å²) in [6.45, 7) is 0. The molecule has 2 atom stereocenters. The summed E-state index contributed by atoms with van der Waals surface area (Å²) in [4.78, 5) is 0. The highest BCUT2D eigenvalue weighted by Crippen LogP contribution is 2.70. The maximum absolute atomic E-state index is 13.5. The van der Waals surface area contributed by atoms with Gasteiger partial charge in [-0.15, -0.1) is 0 Å². The Morgan fingerprint density at radius 2 is 0.840 bits per heavy atom. The third kappa shape index (κ3) is 2.16. The second-order valence-electron chi connectivity index (χ2n) is 4.59. The molecular weight excluding hydrogens is 416 g/mol. The van der Waals surface area contributed by atoms with Crippen molar-refractivity contribution in [2.75, 3.05) is 0 Å². The molecule has 1 rings (SSSR count). The molecule has 1 heterocycles. The highest BCUT2D eigenvalue weighted by molar-refractivity contribution is 5.20. The van der Waals surface area contributed by atoms with Crippen LogP contribution in [0.15, 0.2) is 0 Å². The van der Waals surface area contributed by atoms with Gasteiger partial charge in [0.05, 0.1) is 0 Å². The Kier molecular flexibility index (Phi) is 4.17. The fourth-order valence-corrected chi connectivity index (χ4v) is 1.60. The van der Waals surface area contributed by atoms with E-state index in [-0.39, 0.29) is 0 Å². The maximum Gasteiger partial charge on any atom is 0.460 e. The maximum atomic E-state index is 13.5. The van der Waals surface area contributed by atoms with Crippen LogP contribution >= 0.6 is 0 Å². The molecule has 17 heteroatoms. The second-order valence-corrected chi connectivity index (χ2v) is 4.59. The van der Waals surface area contributed by atoms with Crippen LogP contribution in [-0.4, -0.2) is 47.8 Å². The van der Waals surface area contributed by atoms with Crippen molar-refractivity contribution in [3.8, 4) is 0 Å². The number of rotatable bonds is 2. The van der Waals surface area contributed by atoms with Gasteiger partial charge in [0.25, 0.3) is 0 Å². The van der Waals surface area contributed by atoms with Crippen LogP contribution in [0.3, 0.4) is 0 Å². The molecule has 1 nitrogen and oxygen atoms in total. The Balaban J connectivity index is 3.76. The first-order chi connectivity index (χ1) is 10.5. The average molecular weight is 416 g/mol. The normalized spacial score (nSPS) is 33.6. The molecule has 0 aromatic heterocycles. The lowest BCUT2D eigenvalue weighted by Crippen LogP contribution is -2.69. The molecule has 25 heavy (non-hydrogen) atoms. The standard InChI is InChI=1S/C8F16O/c9-1(10)2(11,12)6(18,8(22,23)24)25-5(1,17)3(13,14)4(15,16)7(19,20)21. The minimum atomic E-state index is -8.11. The fourth-order valence-electron chi connectivity index (χ4n) is 1.60. The number of alkyl halides is 16. The van der Waals surface area contributed by atoms with Crippen molar-refractivity contribution in [2.24, 2.45) is 0 Å². The average Bonchev–Trinajstić information content (AvgIpc) is 2.44. The lowest BCUT2D eigenvalue weighted by atomic mass is 9.93. The molecule has 0 bridgehead atoms. The summed E-state index contributed by atoms with van der Waals surface area (Å²) in [5, 5.41) is 0. The van der Waals surface area contributed by atoms with Crippen molar-refractivity contribution in [1.29, 1.82) is 0 Å². The van der Waals surface area contributed by atoms with Crippen LogP contribution in [0.25, 0.3) is 0 Å². The minimum Gasteiger partial charge on any atom is -0.286 e. The van der Waals surface area contributed by atoms with Crippen LogP contribution in [0.5, 0.6) is 0 Å². The largest absolute Gasteiger partial charge is 0.460 e. The molecule has 2 unspecified atom stereocenters. The van der Waals surface area contributed by atoms with E-state index in [4.69, 9.17) is 0 Å². The summed E-state index contributed by atoms with van der Waals surface area (Å²) in [5.41, 5.74) is 0. The van der Waals surface area contributed by atoms with Gasteiger partial charge in [0.15, 0.2) is 0 Å². The highest BCUT2D eigenvalue weighted by Gasteiger charge is 3.02. The number of halogens is 16. The zero-order valence-corrected chi connectivity index (χ0v) is 10.5. The predicted molar refractivity (Wildman–Crippen MR) is 40.7 cm³/mol. The topological polar surface area (TPSA) is 9.23 Å². The first kappa shape index (κ1) is 21.9. The van der Waals surface area contributed by atoms with Crippen LogP contribution in [0.1, 0.15) is 0 Å². The van der Waals surface area contributed by atoms with Crippen molar-refractivity contribution in [3.05, 3.63) is 0 Å². The van der Waals surface area contributed by atoms with Crippen molar-refractivity contribution in [3.63, 3.8) is 0 Å². The SMILES string of the molecule is FC(F)(F)C(F)(F)C(F)(F)C1(F)OC(F)(C(F)(F)F)C(F)(F)C1(F)F. The van der Waals surface area contributed by atoms with Gasteiger partial charge < -0.3 is 0 Å². The molecule has 0 amide bonds. The van der Waals surface area contributed by atoms with Gasteiger partial charge in [0.1, 0.15) is 0 Å². The fraction of sp³-hybridized carbons (Fsp3) is 1.00. The highest BCUT2D eigenvalue weighted by atomic mass is 19.4. The molecule has 0 aromatic carbocycles. The summed E-state index contributed by atoms with van der Waals surface area (Å²) in [6, 6.07) is 0. The van der Waals surface area contributed by atoms with Crippen molar-refractivity contribution in [1.82, 2.24) is 0 Å². The summed E-state index contributed by atoms with van der Waals surface area (Å²) in [6.07, 6.45) is -15.1. The van der Waals surface area contributed by atoms with Gasteiger partial charge in [-0.2, -0.15) is 70.2 Å². The van der Waals surface area contributed by atoms with Crippen molar-refractivity contribution < 1.29 is 75.0 Å². The zero-order valence-electron chi connectivity index (χ0n) is 10.5. The van der Waals surface area contributed by atoms with Crippen LogP contribution in [-0.2, 0) is 4.74 Å². The van der Waals surface area contributed by atoms with Gasteiger partial charge >= 0.3 is 47.8 Å². The van der Waals surface area contributed by atoms with Gasteiger partial charge in [-0.05, 0) is 0 Å².